The summed E-state index contributed by atoms with van der Waals surface area (Å²) >= 11 is 12.1. The Morgan fingerprint density at radius 2 is 1.85 bits per heavy atom. The molecule has 0 bridgehead atoms. The molecule has 0 fully saturated rings. The van der Waals surface area contributed by atoms with Gasteiger partial charge in [0.15, 0.2) is 5.75 Å². The maximum atomic E-state index is 13.0. The second-order valence-corrected chi connectivity index (χ2v) is 6.63. The lowest BCUT2D eigenvalue weighted by Gasteiger charge is -2.12. The minimum absolute atomic E-state index is 0.212. The van der Waals surface area contributed by atoms with Crippen molar-refractivity contribution in [2.45, 2.75) is 6.43 Å². The van der Waals surface area contributed by atoms with Gasteiger partial charge in [-0.1, -0.05) is 41.4 Å². The normalized spacial score (nSPS) is 10.9. The largest absolute Gasteiger partial charge is 0.417 e. The van der Waals surface area contributed by atoms with Crippen LogP contribution in [0.2, 0.25) is 10.0 Å². The van der Waals surface area contributed by atoms with E-state index in [0.717, 1.165) is 5.56 Å². The number of halogens is 4. The zero-order valence-corrected chi connectivity index (χ0v) is 15.6. The van der Waals surface area contributed by atoms with Crippen molar-refractivity contribution < 1.29 is 18.3 Å². The van der Waals surface area contributed by atoms with Crippen molar-refractivity contribution in [3.05, 3.63) is 70.5 Å². The van der Waals surface area contributed by atoms with Crippen molar-refractivity contribution in [1.82, 2.24) is 4.57 Å². The van der Waals surface area contributed by atoms with Gasteiger partial charge < -0.3 is 9.30 Å². The fraction of sp³-hybridized carbons (Fsp3) is 0.105. The molecular weight excluding hydrogens is 397 g/mol. The first-order valence-corrected chi connectivity index (χ1v) is 8.57. The smallest absolute Gasteiger partial charge is 0.408 e. The number of anilines is 1. The van der Waals surface area contributed by atoms with E-state index in [1.54, 1.807) is 37.4 Å². The molecule has 0 aliphatic rings. The second kappa shape index (κ2) is 7.98. The van der Waals surface area contributed by atoms with Crippen LogP contribution in [-0.4, -0.2) is 10.7 Å². The quantitative estimate of drug-likeness (QED) is 0.529. The topological polar surface area (TPSA) is 43.3 Å². The standard InChI is InChI=1S/C19H14Cl2F2N2O2/c1-25-9-15(18(22)23)17(10-25)27-19(26)24-16-8-13(21)5-6-14(16)11-3-2-4-12(20)7-11/h2-10,18H,1H3,(H,24,26). The Balaban J connectivity index is 1.87. The number of nitrogens with zero attached hydrogens (tertiary/aromatic N) is 1. The van der Waals surface area contributed by atoms with Gasteiger partial charge in [-0.25, -0.2) is 13.6 Å². The summed E-state index contributed by atoms with van der Waals surface area (Å²) < 4.78 is 32.5. The fourth-order valence-corrected chi connectivity index (χ4v) is 2.95. The van der Waals surface area contributed by atoms with E-state index in [-0.39, 0.29) is 11.3 Å². The lowest BCUT2D eigenvalue weighted by atomic mass is 10.0. The molecule has 0 atom stereocenters. The Bertz CT molecular complexity index is 990. The Labute approximate surface area is 164 Å². The van der Waals surface area contributed by atoms with Crippen molar-refractivity contribution >= 4 is 35.0 Å². The van der Waals surface area contributed by atoms with Gasteiger partial charge in [-0.2, -0.15) is 0 Å². The van der Waals surface area contributed by atoms with Crippen molar-refractivity contribution in [3.8, 4) is 16.9 Å². The first-order chi connectivity index (χ1) is 12.8. The van der Waals surface area contributed by atoms with Gasteiger partial charge in [-0.05, 0) is 29.8 Å². The predicted octanol–water partition coefficient (Wildman–Crippen LogP) is 6.55. The van der Waals surface area contributed by atoms with Crippen LogP contribution in [0, 0.1) is 0 Å². The fourth-order valence-electron chi connectivity index (χ4n) is 2.59. The van der Waals surface area contributed by atoms with Crippen molar-refractivity contribution in [2.75, 3.05) is 5.32 Å². The number of hydrogen-bond acceptors (Lipinski definition) is 2. The van der Waals surface area contributed by atoms with Crippen molar-refractivity contribution in [2.24, 2.45) is 7.05 Å². The van der Waals surface area contributed by atoms with E-state index in [4.69, 9.17) is 27.9 Å². The molecule has 0 saturated heterocycles. The molecular formula is C19H14Cl2F2N2O2. The zero-order valence-electron chi connectivity index (χ0n) is 14.0. The molecule has 0 spiro atoms. The van der Waals surface area contributed by atoms with Crippen LogP contribution in [0.25, 0.3) is 11.1 Å². The molecule has 1 N–H and O–H groups in total. The predicted molar refractivity (Wildman–Crippen MR) is 102 cm³/mol. The molecule has 0 radical (unpaired) electrons. The first-order valence-electron chi connectivity index (χ1n) is 7.82. The first kappa shape index (κ1) is 19.2. The molecule has 1 aromatic heterocycles. The van der Waals surface area contributed by atoms with Gasteiger partial charge in [-0.15, -0.1) is 0 Å². The molecule has 0 aliphatic heterocycles. The Morgan fingerprint density at radius 1 is 1.11 bits per heavy atom. The minimum Gasteiger partial charge on any atom is -0.408 e. The molecule has 3 rings (SSSR count). The van der Waals surface area contributed by atoms with Crippen LogP contribution in [0.5, 0.6) is 5.75 Å². The summed E-state index contributed by atoms with van der Waals surface area (Å²) in [6.45, 7) is 0. The Morgan fingerprint density at radius 3 is 2.56 bits per heavy atom. The van der Waals surface area contributed by atoms with E-state index in [1.165, 1.54) is 23.0 Å². The number of alkyl halides is 2. The number of ether oxygens (including phenoxy) is 1. The molecule has 140 valence electrons. The van der Waals surface area contributed by atoms with Crippen LogP contribution in [0.3, 0.4) is 0 Å². The maximum Gasteiger partial charge on any atom is 0.417 e. The maximum absolute atomic E-state index is 13.0. The van der Waals surface area contributed by atoms with Crippen LogP contribution < -0.4 is 10.1 Å². The molecule has 0 unspecified atom stereocenters. The number of hydrogen-bond donors (Lipinski definition) is 1. The average Bonchev–Trinajstić information content (AvgIpc) is 2.95. The highest BCUT2D eigenvalue weighted by Crippen LogP contribution is 2.33. The molecule has 0 saturated carbocycles. The summed E-state index contributed by atoms with van der Waals surface area (Å²) in [6.07, 6.45) is -1.17. The summed E-state index contributed by atoms with van der Waals surface area (Å²) in [5.74, 6) is -0.212. The molecule has 4 nitrogen and oxygen atoms in total. The molecule has 3 aromatic rings. The van der Waals surface area contributed by atoms with Gasteiger partial charge >= 0.3 is 6.09 Å². The summed E-state index contributed by atoms with van der Waals surface area (Å²) in [6, 6.07) is 12.0. The van der Waals surface area contributed by atoms with Crippen LogP contribution >= 0.6 is 23.2 Å². The van der Waals surface area contributed by atoms with E-state index in [2.05, 4.69) is 5.32 Å². The highest BCUT2D eigenvalue weighted by molar-refractivity contribution is 6.31. The molecule has 27 heavy (non-hydrogen) atoms. The monoisotopic (exact) mass is 410 g/mol. The highest BCUT2D eigenvalue weighted by atomic mass is 35.5. The SMILES string of the molecule is Cn1cc(OC(=O)Nc2cc(Cl)ccc2-c2cccc(Cl)c2)c(C(F)F)c1. The number of benzene rings is 2. The van der Waals surface area contributed by atoms with Gasteiger partial charge in [0.05, 0.1) is 11.3 Å². The van der Waals surface area contributed by atoms with E-state index in [9.17, 15) is 13.6 Å². The zero-order chi connectivity index (χ0) is 19.6. The highest BCUT2D eigenvalue weighted by Gasteiger charge is 2.20. The number of amides is 1. The van der Waals surface area contributed by atoms with Crippen LogP contribution in [0.1, 0.15) is 12.0 Å². The lowest BCUT2D eigenvalue weighted by Crippen LogP contribution is -2.17. The third-order valence-electron chi connectivity index (χ3n) is 3.74. The number of nitrogens with one attached hydrogen (secondary N) is 1. The van der Waals surface area contributed by atoms with Gasteiger partial charge in [-0.3, -0.25) is 5.32 Å². The number of aryl methyl sites for hydroxylation is 1. The Hall–Kier alpha value is -2.57. The van der Waals surface area contributed by atoms with Gasteiger partial charge in [0.25, 0.3) is 6.43 Å². The number of aromatic nitrogens is 1. The van der Waals surface area contributed by atoms with E-state index >= 15 is 0 Å². The number of carbonyl (C=O) groups excluding carboxylic acids is 1. The lowest BCUT2D eigenvalue weighted by molar-refractivity contribution is 0.147. The summed E-state index contributed by atoms with van der Waals surface area (Å²) in [4.78, 5) is 12.3. The van der Waals surface area contributed by atoms with Gasteiger partial charge in [0, 0.05) is 35.1 Å². The summed E-state index contributed by atoms with van der Waals surface area (Å²) in [5.41, 5.74) is 1.40. The molecule has 0 aliphatic carbocycles. The number of carbonyl (C=O) groups is 1. The number of rotatable bonds is 4. The van der Waals surface area contributed by atoms with Gasteiger partial charge in [0.2, 0.25) is 0 Å². The van der Waals surface area contributed by atoms with Crippen molar-refractivity contribution in [1.29, 1.82) is 0 Å². The van der Waals surface area contributed by atoms with E-state index in [1.807, 2.05) is 6.07 Å². The molecule has 1 amide bonds. The van der Waals surface area contributed by atoms with Crippen LogP contribution in [0.4, 0.5) is 19.3 Å². The minimum atomic E-state index is -2.76. The van der Waals surface area contributed by atoms with Gasteiger partial charge in [0.1, 0.15) is 0 Å². The van der Waals surface area contributed by atoms with Crippen molar-refractivity contribution in [3.63, 3.8) is 0 Å². The summed E-state index contributed by atoms with van der Waals surface area (Å²) in [5, 5.41) is 3.47. The van der Waals surface area contributed by atoms with Crippen LogP contribution in [0.15, 0.2) is 54.9 Å². The second-order valence-electron chi connectivity index (χ2n) is 5.76. The van der Waals surface area contributed by atoms with E-state index < -0.39 is 12.5 Å². The average molecular weight is 411 g/mol. The summed E-state index contributed by atoms with van der Waals surface area (Å²) in [7, 11) is 1.56. The molecule has 2 aromatic carbocycles. The molecule has 8 heteroatoms. The molecule has 1 heterocycles. The third kappa shape index (κ3) is 4.59. The Kier molecular flexibility index (Phi) is 5.68. The van der Waals surface area contributed by atoms with Crippen LogP contribution in [-0.2, 0) is 7.05 Å². The van der Waals surface area contributed by atoms with E-state index in [0.29, 0.717) is 21.3 Å². The third-order valence-corrected chi connectivity index (χ3v) is 4.21.